The third-order valence-electron chi connectivity index (χ3n) is 8.22. The summed E-state index contributed by atoms with van der Waals surface area (Å²) in [6, 6.07) is 21.1. The van der Waals surface area contributed by atoms with Crippen LogP contribution in [0.2, 0.25) is 0 Å². The van der Waals surface area contributed by atoms with Crippen molar-refractivity contribution < 1.29 is 42.9 Å². The molecule has 0 radical (unpaired) electrons. The van der Waals surface area contributed by atoms with E-state index in [4.69, 9.17) is 23.7 Å². The lowest BCUT2D eigenvalue weighted by atomic mass is 10.0. The van der Waals surface area contributed by atoms with Crippen molar-refractivity contribution in [3.63, 3.8) is 0 Å². The highest BCUT2D eigenvalue weighted by molar-refractivity contribution is 5.97. The van der Waals surface area contributed by atoms with E-state index < -0.39 is 17.9 Å². The second kappa shape index (κ2) is 20.2. The van der Waals surface area contributed by atoms with Gasteiger partial charge in [0.05, 0.1) is 18.8 Å². The fraction of sp³-hybridized carbons (Fsp3) is 0.273. The highest BCUT2D eigenvalue weighted by Gasteiger charge is 2.16. The number of hydrogen-bond donors (Lipinski definition) is 0. The van der Waals surface area contributed by atoms with Gasteiger partial charge in [0.1, 0.15) is 23.0 Å². The standard InChI is InChI=1S/C44H46O9/c1-6-14-35-29-39(21-22-40(35)53-43(47)30(5)25-32-18-20-38(27-31(32)7-2)51-42(46)9-4)52-44(48)36-16-15-34-28-37(19-17-33(34)26-36)49-23-12-10-11-13-24-50-41(45)8-3/h7-8,15-22,25-29H,2-3,6,9-14,23-24H2,1,4-5H3/b30-25+. The van der Waals surface area contributed by atoms with Crippen molar-refractivity contribution >= 4 is 46.8 Å². The number of rotatable bonds is 19. The summed E-state index contributed by atoms with van der Waals surface area (Å²) in [6.45, 7) is 13.6. The van der Waals surface area contributed by atoms with Crippen LogP contribution in [0.15, 0.2) is 97.6 Å². The van der Waals surface area contributed by atoms with Crippen molar-refractivity contribution in [2.45, 2.75) is 65.7 Å². The quantitative estimate of drug-likeness (QED) is 0.0405. The SMILES string of the molecule is C=CC(=O)OCCCCCCOc1ccc2cc(C(=O)Oc3ccc(OC(=O)/C(C)=C/c4ccc(OC(=O)CC)cc4C=C)c(CCC)c3)ccc2c1. The molecule has 0 aromatic heterocycles. The smallest absolute Gasteiger partial charge is 0.343 e. The van der Waals surface area contributed by atoms with Gasteiger partial charge in [-0.05, 0) is 127 Å². The van der Waals surface area contributed by atoms with E-state index in [0.717, 1.165) is 65.8 Å². The number of fused-ring (bicyclic) bond motifs is 1. The number of aryl methyl sites for hydroxylation is 1. The Labute approximate surface area is 310 Å². The van der Waals surface area contributed by atoms with E-state index in [1.165, 1.54) is 0 Å². The Morgan fingerprint density at radius 3 is 2.13 bits per heavy atom. The second-order valence-corrected chi connectivity index (χ2v) is 12.3. The first-order valence-electron chi connectivity index (χ1n) is 17.8. The van der Waals surface area contributed by atoms with Crippen molar-refractivity contribution in [1.82, 2.24) is 0 Å². The maximum atomic E-state index is 13.2. The Hall–Kier alpha value is -5.96. The minimum Gasteiger partial charge on any atom is -0.494 e. The molecule has 0 bridgehead atoms. The fourth-order valence-corrected chi connectivity index (χ4v) is 5.37. The number of hydrogen-bond acceptors (Lipinski definition) is 9. The lowest BCUT2D eigenvalue weighted by Crippen LogP contribution is -2.12. The number of unbranched alkanes of at least 4 members (excludes halogenated alkanes) is 3. The monoisotopic (exact) mass is 718 g/mol. The summed E-state index contributed by atoms with van der Waals surface area (Å²) in [7, 11) is 0. The summed E-state index contributed by atoms with van der Waals surface area (Å²) in [5.41, 5.74) is 2.90. The van der Waals surface area contributed by atoms with E-state index in [1.807, 2.05) is 31.2 Å². The molecule has 4 rings (SSSR count). The first-order valence-corrected chi connectivity index (χ1v) is 17.8. The van der Waals surface area contributed by atoms with Crippen LogP contribution in [0.1, 0.15) is 86.3 Å². The van der Waals surface area contributed by atoms with Gasteiger partial charge in [0, 0.05) is 18.1 Å². The Morgan fingerprint density at radius 1 is 0.698 bits per heavy atom. The molecular weight excluding hydrogens is 672 g/mol. The van der Waals surface area contributed by atoms with Crippen molar-refractivity contribution in [2.24, 2.45) is 0 Å². The molecule has 0 aliphatic rings. The van der Waals surface area contributed by atoms with Crippen molar-refractivity contribution in [1.29, 1.82) is 0 Å². The van der Waals surface area contributed by atoms with E-state index in [9.17, 15) is 19.2 Å². The van der Waals surface area contributed by atoms with Crippen LogP contribution in [-0.4, -0.2) is 37.1 Å². The third kappa shape index (κ3) is 12.1. The van der Waals surface area contributed by atoms with Gasteiger partial charge in [0.15, 0.2) is 0 Å². The van der Waals surface area contributed by atoms with Crippen molar-refractivity contribution in [2.75, 3.05) is 13.2 Å². The minimum atomic E-state index is -0.533. The average molecular weight is 719 g/mol. The zero-order valence-electron chi connectivity index (χ0n) is 30.6. The van der Waals surface area contributed by atoms with E-state index in [1.54, 1.807) is 74.5 Å². The molecule has 0 aliphatic heterocycles. The first kappa shape index (κ1) is 39.8. The highest BCUT2D eigenvalue weighted by Crippen LogP contribution is 2.29. The summed E-state index contributed by atoms with van der Waals surface area (Å²) in [6.07, 6.45) is 9.70. The summed E-state index contributed by atoms with van der Waals surface area (Å²) >= 11 is 0. The fourth-order valence-electron chi connectivity index (χ4n) is 5.37. The molecular formula is C44H46O9. The predicted octanol–water partition coefficient (Wildman–Crippen LogP) is 9.65. The van der Waals surface area contributed by atoms with Gasteiger partial charge in [0.25, 0.3) is 0 Å². The number of carbonyl (C=O) groups is 4. The Morgan fingerprint density at radius 2 is 1.40 bits per heavy atom. The summed E-state index contributed by atoms with van der Waals surface area (Å²) in [4.78, 5) is 49.1. The molecule has 4 aromatic rings. The molecule has 0 heterocycles. The molecule has 0 aliphatic carbocycles. The van der Waals surface area contributed by atoms with Crippen LogP contribution in [0.5, 0.6) is 23.0 Å². The molecule has 0 N–H and O–H groups in total. The van der Waals surface area contributed by atoms with Crippen LogP contribution in [0, 0.1) is 0 Å². The zero-order valence-corrected chi connectivity index (χ0v) is 30.6. The van der Waals surface area contributed by atoms with Gasteiger partial charge < -0.3 is 23.7 Å². The Kier molecular flexibility index (Phi) is 15.2. The van der Waals surface area contributed by atoms with Crippen LogP contribution in [-0.2, 0) is 25.5 Å². The Bertz CT molecular complexity index is 1990. The lowest BCUT2D eigenvalue weighted by Gasteiger charge is -2.13. The minimum absolute atomic E-state index is 0.256. The predicted molar refractivity (Wildman–Crippen MR) is 206 cm³/mol. The molecule has 0 unspecified atom stereocenters. The van der Waals surface area contributed by atoms with Crippen LogP contribution in [0.3, 0.4) is 0 Å². The van der Waals surface area contributed by atoms with Crippen LogP contribution < -0.4 is 18.9 Å². The van der Waals surface area contributed by atoms with Crippen molar-refractivity contribution in [3.05, 3.63) is 120 Å². The van der Waals surface area contributed by atoms with Gasteiger partial charge in [0.2, 0.25) is 0 Å². The maximum absolute atomic E-state index is 13.2. The van der Waals surface area contributed by atoms with Gasteiger partial charge in [-0.3, -0.25) is 4.79 Å². The first-order chi connectivity index (χ1) is 25.6. The second-order valence-electron chi connectivity index (χ2n) is 12.3. The summed E-state index contributed by atoms with van der Waals surface area (Å²) < 4.78 is 27.7. The normalized spacial score (nSPS) is 11.0. The summed E-state index contributed by atoms with van der Waals surface area (Å²) in [5, 5.41) is 1.80. The van der Waals surface area contributed by atoms with Gasteiger partial charge in [-0.15, -0.1) is 0 Å². The molecule has 9 heteroatoms. The summed E-state index contributed by atoms with van der Waals surface area (Å²) in [5.74, 6) is 0.0815. The molecule has 0 fully saturated rings. The number of carbonyl (C=O) groups excluding carboxylic acids is 4. The number of ether oxygens (including phenoxy) is 5. The molecule has 53 heavy (non-hydrogen) atoms. The van der Waals surface area contributed by atoms with Crippen LogP contribution in [0.4, 0.5) is 0 Å². The number of benzene rings is 4. The van der Waals surface area contributed by atoms with E-state index in [0.29, 0.717) is 53.6 Å². The number of esters is 4. The third-order valence-corrected chi connectivity index (χ3v) is 8.22. The van der Waals surface area contributed by atoms with Gasteiger partial charge in [-0.1, -0.05) is 57.7 Å². The maximum Gasteiger partial charge on any atom is 0.343 e. The molecule has 4 aromatic carbocycles. The van der Waals surface area contributed by atoms with Crippen molar-refractivity contribution in [3.8, 4) is 23.0 Å². The van der Waals surface area contributed by atoms with Gasteiger partial charge in [-0.25, -0.2) is 14.4 Å². The Balaban J connectivity index is 1.35. The molecule has 0 atom stereocenters. The van der Waals surface area contributed by atoms with Crippen LogP contribution >= 0.6 is 0 Å². The lowest BCUT2D eigenvalue weighted by molar-refractivity contribution is -0.138. The zero-order chi connectivity index (χ0) is 38.2. The highest BCUT2D eigenvalue weighted by atomic mass is 16.5. The molecule has 276 valence electrons. The molecule has 0 spiro atoms. The van der Waals surface area contributed by atoms with E-state index >= 15 is 0 Å². The van der Waals surface area contributed by atoms with Gasteiger partial charge in [-0.2, -0.15) is 0 Å². The molecule has 0 saturated heterocycles. The van der Waals surface area contributed by atoms with Crippen LogP contribution in [0.25, 0.3) is 22.9 Å². The molecule has 0 amide bonds. The van der Waals surface area contributed by atoms with E-state index in [2.05, 4.69) is 13.2 Å². The topological polar surface area (TPSA) is 114 Å². The largest absolute Gasteiger partial charge is 0.494 e. The molecule has 0 saturated carbocycles. The molecule has 9 nitrogen and oxygen atoms in total. The van der Waals surface area contributed by atoms with Gasteiger partial charge >= 0.3 is 23.9 Å². The van der Waals surface area contributed by atoms with E-state index in [-0.39, 0.29) is 12.4 Å². The average Bonchev–Trinajstić information content (AvgIpc) is 3.16.